The van der Waals surface area contributed by atoms with Crippen molar-refractivity contribution >= 4 is 17.2 Å². The Kier molecular flexibility index (Phi) is 6.41. The lowest BCUT2D eigenvalue weighted by Crippen LogP contribution is -2.32. The number of aryl methyl sites for hydroxylation is 1. The van der Waals surface area contributed by atoms with Crippen LogP contribution in [0.25, 0.3) is 0 Å². The van der Waals surface area contributed by atoms with Crippen LogP contribution >= 0.6 is 11.3 Å². The van der Waals surface area contributed by atoms with Gasteiger partial charge in [-0.2, -0.15) is 0 Å². The lowest BCUT2D eigenvalue weighted by Gasteiger charge is -2.13. The van der Waals surface area contributed by atoms with Gasteiger partial charge in [0, 0.05) is 13.7 Å². The Hall–Kier alpha value is -0.980. The summed E-state index contributed by atoms with van der Waals surface area (Å²) in [5.41, 5.74) is 0.702. The van der Waals surface area contributed by atoms with E-state index in [9.17, 15) is 9.90 Å². The summed E-state index contributed by atoms with van der Waals surface area (Å²) in [4.78, 5) is 16.8. The highest BCUT2D eigenvalue weighted by Gasteiger charge is 2.16. The van der Waals surface area contributed by atoms with Gasteiger partial charge in [0.25, 0.3) is 5.91 Å². The van der Waals surface area contributed by atoms with Crippen LogP contribution in [0.1, 0.15) is 40.6 Å². The number of aromatic nitrogens is 1. The number of rotatable bonds is 7. The molecule has 2 N–H and O–H groups in total. The highest BCUT2D eigenvalue weighted by Crippen LogP contribution is 2.18. The minimum Gasteiger partial charge on any atom is -0.391 e. The first-order valence-corrected chi connectivity index (χ1v) is 7.17. The van der Waals surface area contributed by atoms with Crippen LogP contribution in [-0.4, -0.2) is 35.8 Å². The van der Waals surface area contributed by atoms with Gasteiger partial charge in [-0.1, -0.05) is 13.8 Å². The Morgan fingerprint density at radius 2 is 2.21 bits per heavy atom. The van der Waals surface area contributed by atoms with Crippen molar-refractivity contribution < 1.29 is 14.6 Å². The molecule has 0 saturated heterocycles. The molecule has 108 valence electrons. The smallest absolute Gasteiger partial charge is 0.263 e. The average molecular weight is 286 g/mol. The number of carbonyl (C=O) groups excluding carboxylic acids is 1. The minimum atomic E-state index is -0.504. The number of thiazole rings is 1. The van der Waals surface area contributed by atoms with Crippen molar-refractivity contribution in [2.45, 2.75) is 39.9 Å². The van der Waals surface area contributed by atoms with Gasteiger partial charge in [0.2, 0.25) is 0 Å². The Morgan fingerprint density at radius 3 is 2.79 bits per heavy atom. The lowest BCUT2D eigenvalue weighted by atomic mass is 10.1. The number of ether oxygens (including phenoxy) is 1. The zero-order valence-electron chi connectivity index (χ0n) is 11.9. The third-order valence-corrected chi connectivity index (χ3v) is 3.69. The first-order chi connectivity index (χ1) is 8.93. The topological polar surface area (TPSA) is 71.5 Å². The van der Waals surface area contributed by atoms with E-state index in [-0.39, 0.29) is 12.5 Å². The van der Waals surface area contributed by atoms with Gasteiger partial charge >= 0.3 is 0 Å². The fraction of sp³-hybridized carbons (Fsp3) is 0.692. The summed E-state index contributed by atoms with van der Waals surface area (Å²) in [6.07, 6.45) is 0.173. The fourth-order valence-electron chi connectivity index (χ4n) is 1.77. The number of nitrogens with one attached hydrogen (secondary N) is 1. The van der Waals surface area contributed by atoms with Crippen molar-refractivity contribution in [1.29, 1.82) is 0 Å². The molecular formula is C13H22N2O3S. The monoisotopic (exact) mass is 286 g/mol. The zero-order valence-corrected chi connectivity index (χ0v) is 12.7. The van der Waals surface area contributed by atoms with Crippen molar-refractivity contribution in [3.8, 4) is 0 Å². The Labute approximate surface area is 118 Å². The molecule has 1 atom stereocenters. The van der Waals surface area contributed by atoms with Gasteiger partial charge in [-0.3, -0.25) is 4.79 Å². The molecule has 1 unspecified atom stereocenters. The van der Waals surface area contributed by atoms with Crippen molar-refractivity contribution in [3.05, 3.63) is 15.6 Å². The van der Waals surface area contributed by atoms with Crippen LogP contribution < -0.4 is 5.32 Å². The molecule has 5 nitrogen and oxygen atoms in total. The van der Waals surface area contributed by atoms with Crippen molar-refractivity contribution in [1.82, 2.24) is 10.3 Å². The predicted molar refractivity (Wildman–Crippen MR) is 75.4 cm³/mol. The molecule has 0 aliphatic carbocycles. The van der Waals surface area contributed by atoms with E-state index < -0.39 is 6.10 Å². The van der Waals surface area contributed by atoms with E-state index in [0.717, 1.165) is 5.01 Å². The van der Waals surface area contributed by atoms with Gasteiger partial charge in [-0.05, 0) is 19.3 Å². The SMILES string of the molecule is COCc1nc(C)c(C(=O)NCC(O)CC(C)C)s1. The molecule has 1 aromatic heterocycles. The molecule has 1 aromatic rings. The molecule has 0 aliphatic rings. The van der Waals surface area contributed by atoms with E-state index in [4.69, 9.17) is 4.74 Å². The third-order valence-electron chi connectivity index (χ3n) is 2.56. The molecule has 19 heavy (non-hydrogen) atoms. The normalized spacial score (nSPS) is 12.7. The summed E-state index contributed by atoms with van der Waals surface area (Å²) in [5, 5.41) is 13.3. The maximum absolute atomic E-state index is 12.0. The Morgan fingerprint density at radius 1 is 1.53 bits per heavy atom. The molecule has 0 bridgehead atoms. The first-order valence-electron chi connectivity index (χ1n) is 6.35. The number of hydrogen-bond donors (Lipinski definition) is 2. The van der Waals surface area contributed by atoms with Gasteiger partial charge in [0.1, 0.15) is 9.88 Å². The Bertz CT molecular complexity index is 418. The van der Waals surface area contributed by atoms with Crippen LogP contribution in [0.3, 0.4) is 0 Å². The van der Waals surface area contributed by atoms with Crippen LogP contribution in [0.5, 0.6) is 0 Å². The molecule has 0 aromatic carbocycles. The van der Waals surface area contributed by atoms with Gasteiger partial charge < -0.3 is 15.2 Å². The van der Waals surface area contributed by atoms with Crippen LogP contribution in [0.2, 0.25) is 0 Å². The molecule has 0 fully saturated rings. The number of nitrogens with zero attached hydrogens (tertiary/aromatic N) is 1. The molecular weight excluding hydrogens is 264 g/mol. The summed E-state index contributed by atoms with van der Waals surface area (Å²) in [6.45, 7) is 6.56. The highest BCUT2D eigenvalue weighted by atomic mass is 32.1. The quantitative estimate of drug-likeness (QED) is 0.801. The van der Waals surface area contributed by atoms with E-state index >= 15 is 0 Å². The van der Waals surface area contributed by atoms with Crippen LogP contribution in [0, 0.1) is 12.8 Å². The van der Waals surface area contributed by atoms with E-state index in [1.165, 1.54) is 11.3 Å². The van der Waals surface area contributed by atoms with Crippen molar-refractivity contribution in [2.24, 2.45) is 5.92 Å². The zero-order chi connectivity index (χ0) is 14.4. The van der Waals surface area contributed by atoms with Crippen LogP contribution in [0.4, 0.5) is 0 Å². The van der Waals surface area contributed by atoms with Crippen LogP contribution in [-0.2, 0) is 11.3 Å². The number of aliphatic hydroxyl groups excluding tert-OH is 1. The van der Waals surface area contributed by atoms with Crippen molar-refractivity contribution in [2.75, 3.05) is 13.7 Å². The molecule has 0 saturated carbocycles. The second-order valence-corrected chi connectivity index (χ2v) is 6.03. The number of aliphatic hydroxyl groups is 1. The van der Waals surface area contributed by atoms with Gasteiger partial charge in [-0.25, -0.2) is 4.98 Å². The molecule has 0 radical (unpaired) electrons. The summed E-state index contributed by atoms with van der Waals surface area (Å²) in [7, 11) is 1.60. The first kappa shape index (κ1) is 16.1. The maximum Gasteiger partial charge on any atom is 0.263 e. The molecule has 0 spiro atoms. The van der Waals surface area contributed by atoms with E-state index in [1.807, 2.05) is 13.8 Å². The third kappa shape index (κ3) is 5.26. The van der Waals surface area contributed by atoms with Crippen molar-refractivity contribution in [3.63, 3.8) is 0 Å². The number of methoxy groups -OCH3 is 1. The summed E-state index contributed by atoms with van der Waals surface area (Å²) < 4.78 is 4.99. The van der Waals surface area contributed by atoms with Gasteiger partial charge in [-0.15, -0.1) is 11.3 Å². The van der Waals surface area contributed by atoms with Crippen LogP contribution in [0.15, 0.2) is 0 Å². The lowest BCUT2D eigenvalue weighted by molar-refractivity contribution is 0.0903. The second-order valence-electron chi connectivity index (χ2n) is 4.95. The second kappa shape index (κ2) is 7.57. The van der Waals surface area contributed by atoms with E-state index in [1.54, 1.807) is 14.0 Å². The average Bonchev–Trinajstić information content (AvgIpc) is 2.67. The summed E-state index contributed by atoms with van der Waals surface area (Å²) in [6, 6.07) is 0. The van der Waals surface area contributed by atoms with Gasteiger partial charge in [0.05, 0.1) is 18.4 Å². The molecule has 6 heteroatoms. The fourth-order valence-corrected chi connectivity index (χ4v) is 2.72. The van der Waals surface area contributed by atoms with E-state index in [0.29, 0.717) is 29.5 Å². The standard InChI is InChI=1S/C13H22N2O3S/c1-8(2)5-10(16)6-14-13(17)12-9(3)15-11(19-12)7-18-4/h8,10,16H,5-7H2,1-4H3,(H,14,17). The number of amides is 1. The molecule has 0 aliphatic heterocycles. The molecule has 1 amide bonds. The molecule has 1 heterocycles. The highest BCUT2D eigenvalue weighted by molar-refractivity contribution is 7.13. The summed E-state index contributed by atoms with van der Waals surface area (Å²) >= 11 is 1.33. The predicted octanol–water partition coefficient (Wildman–Crippen LogP) is 1.73. The number of hydrogen-bond acceptors (Lipinski definition) is 5. The Balaban J connectivity index is 2.53. The molecule has 1 rings (SSSR count). The van der Waals surface area contributed by atoms with Gasteiger partial charge in [0.15, 0.2) is 0 Å². The maximum atomic E-state index is 12.0. The number of carbonyl (C=O) groups is 1. The summed E-state index contributed by atoms with van der Waals surface area (Å²) in [5.74, 6) is 0.227. The minimum absolute atomic E-state index is 0.180. The van der Waals surface area contributed by atoms with E-state index in [2.05, 4.69) is 10.3 Å². The largest absolute Gasteiger partial charge is 0.391 e.